The molecule has 1 fully saturated rings. The third-order valence-electron chi connectivity index (χ3n) is 4.85. The lowest BCUT2D eigenvalue weighted by molar-refractivity contribution is -0.137. The second-order valence-corrected chi connectivity index (χ2v) is 6.91. The van der Waals surface area contributed by atoms with Crippen LogP contribution in [0.25, 0.3) is 11.1 Å². The van der Waals surface area contributed by atoms with Crippen LogP contribution in [0.5, 0.6) is 0 Å². The molecule has 1 aliphatic rings. The van der Waals surface area contributed by atoms with Gasteiger partial charge >= 0.3 is 12.3 Å². The van der Waals surface area contributed by atoms with Gasteiger partial charge in [-0.05, 0) is 23.8 Å². The van der Waals surface area contributed by atoms with E-state index in [1.54, 1.807) is 0 Å². The van der Waals surface area contributed by atoms with Gasteiger partial charge in [0, 0.05) is 18.2 Å². The van der Waals surface area contributed by atoms with Crippen molar-refractivity contribution in [2.24, 2.45) is 0 Å². The minimum Gasteiger partial charge on any atom is -0.465 e. The first-order valence-electron chi connectivity index (χ1n) is 9.08. The molecular formula is C20H16F4N4O3. The summed E-state index contributed by atoms with van der Waals surface area (Å²) in [4.78, 5) is 28.2. The number of amides is 2. The number of rotatable bonds is 4. The first-order valence-corrected chi connectivity index (χ1v) is 9.08. The SMILES string of the molecule is N#Cc1cnc(CNC(=O)[C@H]2C[C@@H](F)CN2C(=O)O)cc1-c1ccc(C(F)(F)F)cc1. The smallest absolute Gasteiger partial charge is 0.416 e. The van der Waals surface area contributed by atoms with E-state index >= 15 is 0 Å². The summed E-state index contributed by atoms with van der Waals surface area (Å²) in [6, 6.07) is 6.44. The summed E-state index contributed by atoms with van der Waals surface area (Å²) in [6.07, 6.45) is -6.36. The van der Waals surface area contributed by atoms with Crippen molar-refractivity contribution in [1.82, 2.24) is 15.2 Å². The van der Waals surface area contributed by atoms with E-state index in [2.05, 4.69) is 10.3 Å². The maximum absolute atomic E-state index is 13.5. The zero-order valence-electron chi connectivity index (χ0n) is 15.9. The molecule has 11 heteroatoms. The van der Waals surface area contributed by atoms with E-state index in [0.717, 1.165) is 17.0 Å². The summed E-state index contributed by atoms with van der Waals surface area (Å²) in [6.45, 7) is -0.528. The number of halogens is 4. The molecule has 2 aromatic rings. The lowest BCUT2D eigenvalue weighted by Crippen LogP contribution is -2.45. The zero-order valence-corrected chi connectivity index (χ0v) is 15.9. The molecule has 31 heavy (non-hydrogen) atoms. The van der Waals surface area contributed by atoms with Gasteiger partial charge in [0.25, 0.3) is 0 Å². The van der Waals surface area contributed by atoms with E-state index in [0.29, 0.717) is 16.8 Å². The Morgan fingerprint density at radius 3 is 2.55 bits per heavy atom. The van der Waals surface area contributed by atoms with Crippen LogP contribution in [0.15, 0.2) is 36.5 Å². The largest absolute Gasteiger partial charge is 0.465 e. The highest BCUT2D eigenvalue weighted by Crippen LogP contribution is 2.32. The second-order valence-electron chi connectivity index (χ2n) is 6.91. The maximum atomic E-state index is 13.5. The molecule has 2 amide bonds. The molecule has 7 nitrogen and oxygen atoms in total. The number of nitriles is 1. The lowest BCUT2D eigenvalue weighted by Gasteiger charge is -2.20. The van der Waals surface area contributed by atoms with Gasteiger partial charge in [0.15, 0.2) is 0 Å². The Kier molecular flexibility index (Phi) is 6.10. The topological polar surface area (TPSA) is 106 Å². The molecule has 1 saturated heterocycles. The third kappa shape index (κ3) is 4.91. The Bertz CT molecular complexity index is 1030. The van der Waals surface area contributed by atoms with Crippen LogP contribution in [0.4, 0.5) is 22.4 Å². The average molecular weight is 436 g/mol. The molecular weight excluding hydrogens is 420 g/mol. The fraction of sp³-hybridized carbons (Fsp3) is 0.300. The molecule has 1 aromatic carbocycles. The third-order valence-corrected chi connectivity index (χ3v) is 4.85. The minimum atomic E-state index is -4.49. The Hall–Kier alpha value is -3.68. The van der Waals surface area contributed by atoms with E-state index in [1.165, 1.54) is 24.4 Å². The highest BCUT2D eigenvalue weighted by atomic mass is 19.4. The van der Waals surface area contributed by atoms with Gasteiger partial charge in [0.05, 0.1) is 29.9 Å². The molecule has 0 spiro atoms. The molecule has 0 aliphatic carbocycles. The number of carbonyl (C=O) groups is 2. The van der Waals surface area contributed by atoms with Crippen LogP contribution in [0, 0.1) is 11.3 Å². The quantitative estimate of drug-likeness (QED) is 0.715. The second kappa shape index (κ2) is 8.59. The van der Waals surface area contributed by atoms with Crippen molar-refractivity contribution in [2.75, 3.05) is 6.54 Å². The Morgan fingerprint density at radius 2 is 1.97 bits per heavy atom. The van der Waals surface area contributed by atoms with Crippen molar-refractivity contribution in [2.45, 2.75) is 31.4 Å². The van der Waals surface area contributed by atoms with E-state index in [4.69, 9.17) is 5.11 Å². The van der Waals surface area contributed by atoms with Crippen molar-refractivity contribution < 1.29 is 32.3 Å². The molecule has 2 heterocycles. The van der Waals surface area contributed by atoms with Crippen molar-refractivity contribution in [3.8, 4) is 17.2 Å². The highest BCUT2D eigenvalue weighted by molar-refractivity contribution is 5.86. The van der Waals surface area contributed by atoms with Crippen LogP contribution in [0.2, 0.25) is 0 Å². The predicted octanol–water partition coefficient (Wildman–Crippen LogP) is 3.35. The van der Waals surface area contributed by atoms with Gasteiger partial charge in [-0.15, -0.1) is 0 Å². The van der Waals surface area contributed by atoms with Gasteiger partial charge in [0.2, 0.25) is 5.91 Å². The molecule has 0 radical (unpaired) electrons. The van der Waals surface area contributed by atoms with Crippen LogP contribution in [0.3, 0.4) is 0 Å². The molecule has 3 rings (SSSR count). The number of hydrogen-bond donors (Lipinski definition) is 2. The standard InChI is InChI=1S/C20H16F4N4O3/c21-14-5-17(28(10-14)19(30)31)18(29)27-9-15-6-16(12(7-25)8-26-15)11-1-3-13(4-2-11)20(22,23)24/h1-4,6,8,14,17H,5,9-10H2,(H,27,29)(H,30,31)/t14-,17-/m1/s1. The molecule has 1 aliphatic heterocycles. The summed E-state index contributed by atoms with van der Waals surface area (Å²) in [5.41, 5.74) is 0.267. The van der Waals surface area contributed by atoms with Crippen molar-refractivity contribution in [3.63, 3.8) is 0 Å². The fourth-order valence-corrected chi connectivity index (χ4v) is 3.30. The highest BCUT2D eigenvalue weighted by Gasteiger charge is 2.39. The lowest BCUT2D eigenvalue weighted by atomic mass is 10.00. The summed E-state index contributed by atoms with van der Waals surface area (Å²) < 4.78 is 51.8. The molecule has 162 valence electrons. The molecule has 2 N–H and O–H groups in total. The van der Waals surface area contributed by atoms with Gasteiger partial charge in [-0.25, -0.2) is 9.18 Å². The molecule has 0 unspecified atom stereocenters. The van der Waals surface area contributed by atoms with Gasteiger partial charge in [-0.2, -0.15) is 18.4 Å². The number of alkyl halides is 4. The van der Waals surface area contributed by atoms with Gasteiger partial charge < -0.3 is 10.4 Å². The van der Waals surface area contributed by atoms with Crippen molar-refractivity contribution >= 4 is 12.0 Å². The predicted molar refractivity (Wildman–Crippen MR) is 99.3 cm³/mol. The van der Waals surface area contributed by atoms with Gasteiger partial charge in [-0.1, -0.05) is 12.1 Å². The van der Waals surface area contributed by atoms with Crippen LogP contribution in [0.1, 0.15) is 23.2 Å². The van der Waals surface area contributed by atoms with Crippen molar-refractivity contribution in [1.29, 1.82) is 5.26 Å². The Labute approximate surface area is 173 Å². The van der Waals surface area contributed by atoms with E-state index in [9.17, 15) is 32.4 Å². The first kappa shape index (κ1) is 22.0. The van der Waals surface area contributed by atoms with Gasteiger partial charge in [-0.3, -0.25) is 14.7 Å². The maximum Gasteiger partial charge on any atom is 0.416 e. The number of aromatic nitrogens is 1. The van der Waals surface area contributed by atoms with Crippen LogP contribution >= 0.6 is 0 Å². The molecule has 1 aromatic heterocycles. The summed E-state index contributed by atoms with van der Waals surface area (Å²) in [5.74, 6) is -0.690. The summed E-state index contributed by atoms with van der Waals surface area (Å²) in [5, 5.41) is 20.9. The van der Waals surface area contributed by atoms with E-state index < -0.39 is 36.0 Å². The zero-order chi connectivity index (χ0) is 22.8. The number of pyridine rings is 1. The number of hydrogen-bond acceptors (Lipinski definition) is 4. The number of nitrogens with one attached hydrogen (secondary N) is 1. The van der Waals surface area contributed by atoms with Gasteiger partial charge in [0.1, 0.15) is 18.3 Å². The van der Waals surface area contributed by atoms with Crippen LogP contribution < -0.4 is 5.32 Å². The number of benzene rings is 1. The average Bonchev–Trinajstić information content (AvgIpc) is 3.13. The number of likely N-dealkylation sites (tertiary alicyclic amines) is 1. The molecule has 0 saturated carbocycles. The normalized spacial score (nSPS) is 18.5. The summed E-state index contributed by atoms with van der Waals surface area (Å²) >= 11 is 0. The number of nitrogens with zero attached hydrogens (tertiary/aromatic N) is 3. The van der Waals surface area contributed by atoms with E-state index in [-0.39, 0.29) is 25.1 Å². The minimum absolute atomic E-state index is 0.128. The number of carbonyl (C=O) groups excluding carboxylic acids is 1. The first-order chi connectivity index (χ1) is 14.6. The van der Waals surface area contributed by atoms with E-state index in [1.807, 2.05) is 6.07 Å². The Morgan fingerprint density at radius 1 is 1.29 bits per heavy atom. The number of carboxylic acid groups (broad SMARTS) is 1. The van der Waals surface area contributed by atoms with Crippen molar-refractivity contribution in [3.05, 3.63) is 53.3 Å². The Balaban J connectivity index is 1.77. The fourth-order valence-electron chi connectivity index (χ4n) is 3.30. The molecule has 2 atom stereocenters. The van der Waals surface area contributed by atoms with Crippen LogP contribution in [-0.2, 0) is 17.5 Å². The summed E-state index contributed by atoms with van der Waals surface area (Å²) in [7, 11) is 0. The molecule has 0 bridgehead atoms. The van der Waals surface area contributed by atoms with Crippen LogP contribution in [-0.4, -0.2) is 45.7 Å². The monoisotopic (exact) mass is 436 g/mol.